The molecule has 2 aromatic rings. The van der Waals surface area contributed by atoms with E-state index in [0.29, 0.717) is 10.9 Å². The maximum atomic E-state index is 12.2. The lowest BCUT2D eigenvalue weighted by Crippen LogP contribution is -2.40. The molecule has 0 aromatic heterocycles. The van der Waals surface area contributed by atoms with Gasteiger partial charge in [0.25, 0.3) is 0 Å². The van der Waals surface area contributed by atoms with Crippen LogP contribution in [0.1, 0.15) is 24.5 Å². The van der Waals surface area contributed by atoms with Crippen LogP contribution in [0, 0.1) is 6.92 Å². The molecular weight excluding hydrogens is 322 g/mol. The Labute approximate surface area is 147 Å². The number of hydrogen-bond donors (Lipinski definition) is 1. The first-order valence-corrected chi connectivity index (χ1v) is 8.41. The molecule has 0 saturated carbocycles. The highest BCUT2D eigenvalue weighted by Gasteiger charge is 2.23. The summed E-state index contributed by atoms with van der Waals surface area (Å²) in [4.78, 5) is 14.2. The number of anilines is 2. The Bertz CT molecular complexity index is 801. The van der Waals surface area contributed by atoms with Gasteiger partial charge in [-0.25, -0.2) is 0 Å². The number of halogens is 1. The number of hydrazone groups is 1. The van der Waals surface area contributed by atoms with Crippen LogP contribution in [0.2, 0.25) is 5.02 Å². The summed E-state index contributed by atoms with van der Waals surface area (Å²) < 4.78 is 0. The number of Topliss-reactive ketones (excluding diaryl/α,β-unsaturated/α-hetero) is 1. The average Bonchev–Trinajstić information content (AvgIpc) is 2.58. The lowest BCUT2D eigenvalue weighted by molar-refractivity contribution is -0.111. The number of carbonyl (C=O) groups is 1. The highest BCUT2D eigenvalue weighted by molar-refractivity contribution is 6.43. The summed E-state index contributed by atoms with van der Waals surface area (Å²) in [5.41, 5.74) is 7.01. The van der Waals surface area contributed by atoms with Gasteiger partial charge >= 0.3 is 0 Å². The Hall–Kier alpha value is -2.33. The summed E-state index contributed by atoms with van der Waals surface area (Å²) in [6, 6.07) is 13.7. The number of aryl methyl sites for hydroxylation is 1. The molecule has 2 aromatic carbocycles. The first kappa shape index (κ1) is 16.5. The van der Waals surface area contributed by atoms with Crippen LogP contribution in [0.25, 0.3) is 0 Å². The van der Waals surface area contributed by atoms with Gasteiger partial charge in [-0.05, 0) is 49.1 Å². The van der Waals surface area contributed by atoms with Crippen LogP contribution in [0.3, 0.4) is 0 Å². The van der Waals surface area contributed by atoms with Crippen LogP contribution >= 0.6 is 11.6 Å². The molecule has 0 atom stereocenters. The summed E-state index contributed by atoms with van der Waals surface area (Å²) in [5, 5.41) is 5.07. The van der Waals surface area contributed by atoms with Crippen LogP contribution in [-0.4, -0.2) is 18.2 Å². The second-order valence-electron chi connectivity index (χ2n) is 5.90. The van der Waals surface area contributed by atoms with E-state index in [2.05, 4.69) is 16.6 Å². The number of nitrogens with one attached hydrogen (secondary N) is 1. The largest absolute Gasteiger partial charge is 0.322 e. The lowest BCUT2D eigenvalue weighted by atomic mass is 10.0. The van der Waals surface area contributed by atoms with Gasteiger partial charge in [-0.3, -0.25) is 10.2 Å². The molecule has 0 radical (unpaired) electrons. The maximum absolute atomic E-state index is 12.2. The van der Waals surface area contributed by atoms with Gasteiger partial charge < -0.3 is 4.90 Å². The van der Waals surface area contributed by atoms with Gasteiger partial charge in [0.15, 0.2) is 11.6 Å². The minimum absolute atomic E-state index is 0.0705. The van der Waals surface area contributed by atoms with Gasteiger partial charge in [0, 0.05) is 24.2 Å². The van der Waals surface area contributed by atoms with E-state index in [9.17, 15) is 4.79 Å². The van der Waals surface area contributed by atoms with Gasteiger partial charge in [-0.1, -0.05) is 35.9 Å². The van der Waals surface area contributed by atoms with Crippen molar-refractivity contribution in [1.29, 1.82) is 0 Å². The maximum Gasteiger partial charge on any atom is 0.197 e. The molecule has 0 amide bonds. The molecule has 0 spiro atoms. The summed E-state index contributed by atoms with van der Waals surface area (Å²) in [6.45, 7) is 4.25. The van der Waals surface area contributed by atoms with Crippen molar-refractivity contribution in [3.05, 3.63) is 58.6 Å². The van der Waals surface area contributed by atoms with Crippen LogP contribution in [0.5, 0.6) is 0 Å². The molecule has 124 valence electrons. The summed E-state index contributed by atoms with van der Waals surface area (Å²) in [5.74, 6) is 0.348. The fourth-order valence-corrected chi connectivity index (χ4v) is 3.10. The van der Waals surface area contributed by atoms with E-state index < -0.39 is 0 Å². The van der Waals surface area contributed by atoms with E-state index >= 15 is 0 Å². The van der Waals surface area contributed by atoms with Crippen molar-refractivity contribution in [2.24, 2.45) is 5.10 Å². The minimum atomic E-state index is -0.0705. The second-order valence-corrected chi connectivity index (χ2v) is 6.31. The number of hydrogen-bond acceptors (Lipinski definition) is 3. The van der Waals surface area contributed by atoms with Gasteiger partial charge in [0.05, 0.1) is 5.69 Å². The molecule has 1 N–H and O–H groups in total. The number of amidine groups is 1. The number of para-hydroxylation sites is 1. The quantitative estimate of drug-likeness (QED) is 0.510. The Morgan fingerprint density at radius 3 is 2.79 bits per heavy atom. The van der Waals surface area contributed by atoms with Crippen molar-refractivity contribution < 1.29 is 4.79 Å². The topological polar surface area (TPSA) is 44.7 Å². The summed E-state index contributed by atoms with van der Waals surface area (Å²) in [7, 11) is 0. The zero-order valence-corrected chi connectivity index (χ0v) is 14.6. The van der Waals surface area contributed by atoms with E-state index in [1.54, 1.807) is 6.92 Å². The average molecular weight is 342 g/mol. The Morgan fingerprint density at radius 2 is 2.00 bits per heavy atom. The number of nitrogens with zero attached hydrogens (tertiary/aromatic N) is 2. The smallest absolute Gasteiger partial charge is 0.197 e. The number of rotatable bonds is 3. The minimum Gasteiger partial charge on any atom is -0.322 e. The Balaban J connectivity index is 1.94. The molecular formula is C19H20ClN3O. The summed E-state index contributed by atoms with van der Waals surface area (Å²) in [6.07, 6.45) is 2.03. The zero-order chi connectivity index (χ0) is 17.1. The third-order valence-electron chi connectivity index (χ3n) is 4.23. The van der Waals surface area contributed by atoms with Gasteiger partial charge in [-0.2, -0.15) is 5.10 Å². The highest BCUT2D eigenvalue weighted by atomic mass is 35.5. The van der Waals surface area contributed by atoms with E-state index in [4.69, 9.17) is 11.6 Å². The molecule has 0 aliphatic carbocycles. The van der Waals surface area contributed by atoms with Gasteiger partial charge in [0.2, 0.25) is 0 Å². The van der Waals surface area contributed by atoms with Crippen molar-refractivity contribution in [3.63, 3.8) is 0 Å². The molecule has 0 saturated heterocycles. The fourth-order valence-electron chi connectivity index (χ4n) is 2.92. The van der Waals surface area contributed by atoms with Gasteiger partial charge in [-0.15, -0.1) is 0 Å². The number of benzene rings is 2. The molecule has 4 nitrogen and oxygen atoms in total. The highest BCUT2D eigenvalue weighted by Crippen LogP contribution is 2.28. The predicted octanol–water partition coefficient (Wildman–Crippen LogP) is 4.42. The Morgan fingerprint density at radius 1 is 1.21 bits per heavy atom. The Kier molecular flexibility index (Phi) is 4.86. The zero-order valence-electron chi connectivity index (χ0n) is 13.8. The van der Waals surface area contributed by atoms with Crippen LogP contribution in [-0.2, 0) is 11.2 Å². The van der Waals surface area contributed by atoms with Crippen LogP contribution in [0.4, 0.5) is 11.4 Å². The number of carbonyl (C=O) groups excluding carboxylic acids is 1. The lowest BCUT2D eigenvalue weighted by Gasteiger charge is -2.31. The molecule has 0 unspecified atom stereocenters. The number of fused-ring (bicyclic) bond motifs is 1. The van der Waals surface area contributed by atoms with E-state index in [1.807, 2.05) is 48.2 Å². The monoisotopic (exact) mass is 341 g/mol. The standard InChI is InChI=1S/C19H20ClN3O/c1-13-16(20)9-5-10-17(13)21-22-19(14(2)24)23-12-6-8-15-7-3-4-11-18(15)23/h3-5,7,9-11,21H,6,8,12H2,1-2H3/b22-19+. The first-order chi connectivity index (χ1) is 11.6. The second kappa shape index (κ2) is 7.05. The molecule has 0 fully saturated rings. The molecule has 1 heterocycles. The van der Waals surface area contributed by atoms with E-state index in [-0.39, 0.29) is 5.78 Å². The SMILES string of the molecule is CC(=O)/C(=N\Nc1cccc(Cl)c1C)N1CCCc2ccccc21. The predicted molar refractivity (Wildman–Crippen MR) is 100 cm³/mol. The molecule has 1 aliphatic rings. The van der Waals surface area contributed by atoms with Crippen LogP contribution in [0.15, 0.2) is 47.6 Å². The molecule has 0 bridgehead atoms. The third-order valence-corrected chi connectivity index (χ3v) is 4.64. The van der Waals surface area contributed by atoms with Crippen molar-refractivity contribution in [2.45, 2.75) is 26.7 Å². The van der Waals surface area contributed by atoms with E-state index in [0.717, 1.165) is 36.3 Å². The van der Waals surface area contributed by atoms with Gasteiger partial charge in [0.1, 0.15) is 0 Å². The molecule has 1 aliphatic heterocycles. The molecule has 24 heavy (non-hydrogen) atoms. The summed E-state index contributed by atoms with van der Waals surface area (Å²) >= 11 is 6.14. The first-order valence-electron chi connectivity index (χ1n) is 8.03. The molecule has 3 rings (SSSR count). The normalized spacial score (nSPS) is 14.3. The number of ketones is 1. The fraction of sp³-hybridized carbons (Fsp3) is 0.263. The molecule has 5 heteroatoms. The van der Waals surface area contributed by atoms with Crippen molar-refractivity contribution in [2.75, 3.05) is 16.9 Å². The van der Waals surface area contributed by atoms with Crippen molar-refractivity contribution >= 4 is 34.6 Å². The van der Waals surface area contributed by atoms with E-state index in [1.165, 1.54) is 5.56 Å². The van der Waals surface area contributed by atoms with Crippen LogP contribution < -0.4 is 10.3 Å². The van der Waals surface area contributed by atoms with Crippen molar-refractivity contribution in [3.8, 4) is 0 Å². The van der Waals surface area contributed by atoms with Crippen molar-refractivity contribution in [1.82, 2.24) is 0 Å². The third kappa shape index (κ3) is 3.29.